The van der Waals surface area contributed by atoms with E-state index in [-0.39, 0.29) is 53.0 Å². The van der Waals surface area contributed by atoms with Gasteiger partial charge in [-0.15, -0.1) is 0 Å². The Labute approximate surface area is 214 Å². The third-order valence-corrected chi connectivity index (χ3v) is 6.95. The fourth-order valence-corrected chi connectivity index (χ4v) is 5.32. The topological polar surface area (TPSA) is 132 Å². The molecule has 0 radical (unpaired) electrons. The van der Waals surface area contributed by atoms with Gasteiger partial charge in [0, 0.05) is 30.8 Å². The first-order valence-electron chi connectivity index (χ1n) is 11.3. The number of ether oxygens (including phenoxy) is 1. The normalized spacial score (nSPS) is 25.0. The van der Waals surface area contributed by atoms with Crippen LogP contribution in [0.15, 0.2) is 62.4 Å². The summed E-state index contributed by atoms with van der Waals surface area (Å²) in [4.78, 5) is 59.9. The number of ketones is 2. The van der Waals surface area contributed by atoms with Crippen LogP contribution in [0, 0.1) is 11.9 Å². The second-order valence-corrected chi connectivity index (χ2v) is 9.25. The van der Waals surface area contributed by atoms with Crippen LogP contribution in [-0.4, -0.2) is 65.3 Å². The fourth-order valence-electron chi connectivity index (χ4n) is 5.06. The molecule has 4 heterocycles. The molecule has 2 N–H and O–H groups in total. The van der Waals surface area contributed by atoms with E-state index in [9.17, 15) is 28.0 Å². The van der Waals surface area contributed by atoms with Crippen LogP contribution in [-0.2, 0) is 19.1 Å². The second kappa shape index (κ2) is 9.47. The van der Waals surface area contributed by atoms with E-state index in [1.807, 2.05) is 0 Å². The number of Topliss-reactive ketones (excluding diaryl/α,β-unsaturated/α-hetero) is 1. The molecule has 2 unspecified atom stereocenters. The third-order valence-electron chi connectivity index (χ3n) is 6.66. The van der Waals surface area contributed by atoms with Crippen molar-refractivity contribution in [3.8, 4) is 0 Å². The summed E-state index contributed by atoms with van der Waals surface area (Å²) in [6.07, 6.45) is 3.94. The Hall–Kier alpha value is -3.99. The van der Waals surface area contributed by atoms with Crippen molar-refractivity contribution in [1.29, 1.82) is 0 Å². The SMILES string of the molecule is Nc1ccc(C(=O)COC(=O)C2CN3C(=O)CCC3C3=C2C2=CC(=O)C=C(F)/C2=C(\Cl)C=NC3)c(F)n1. The molecule has 12 heteroatoms. The smallest absolute Gasteiger partial charge is 0.315 e. The summed E-state index contributed by atoms with van der Waals surface area (Å²) in [6.45, 7) is -0.876. The number of aliphatic imine (C=N–C) groups is 1. The number of halogens is 3. The summed E-state index contributed by atoms with van der Waals surface area (Å²) < 4.78 is 34.3. The first-order valence-corrected chi connectivity index (χ1v) is 11.7. The first kappa shape index (κ1) is 24.7. The number of esters is 1. The zero-order valence-corrected chi connectivity index (χ0v) is 19.9. The summed E-state index contributed by atoms with van der Waals surface area (Å²) in [5, 5.41) is -0.0578. The van der Waals surface area contributed by atoms with Crippen LogP contribution in [0.1, 0.15) is 23.2 Å². The van der Waals surface area contributed by atoms with Gasteiger partial charge in [-0.2, -0.15) is 4.39 Å². The molecular formula is C25H19ClF2N4O5. The van der Waals surface area contributed by atoms with Crippen LogP contribution in [0.2, 0.25) is 0 Å². The van der Waals surface area contributed by atoms with Gasteiger partial charge in [-0.25, -0.2) is 9.37 Å². The van der Waals surface area contributed by atoms with Gasteiger partial charge in [-0.05, 0) is 41.3 Å². The van der Waals surface area contributed by atoms with E-state index in [1.54, 1.807) is 0 Å². The van der Waals surface area contributed by atoms with Crippen molar-refractivity contribution in [3.05, 3.63) is 68.9 Å². The number of rotatable bonds is 4. The van der Waals surface area contributed by atoms with Crippen LogP contribution >= 0.6 is 11.6 Å². The summed E-state index contributed by atoms with van der Waals surface area (Å²) in [5.41, 5.74) is 5.85. The number of amides is 1. The molecule has 2 atom stereocenters. The molecule has 1 aromatic heterocycles. The van der Waals surface area contributed by atoms with Gasteiger partial charge in [0.1, 0.15) is 17.6 Å². The standard InChI is InChI=1S/C25H19ClF2N4O5/c26-16-8-30-7-14-18-2-4-21(35)32(18)9-15(22(14)13-5-11(33)6-17(27)23(13)16)25(36)37-10-19(34)12-1-3-20(29)31-24(12)28/h1,3,5-6,8,15,18H,2,4,7,9-10H2,(H2,29,31)/b23-16-,30-8?. The van der Waals surface area contributed by atoms with E-state index in [2.05, 4.69) is 9.98 Å². The molecule has 37 heavy (non-hydrogen) atoms. The van der Waals surface area contributed by atoms with Crippen LogP contribution in [0.4, 0.5) is 14.6 Å². The highest BCUT2D eigenvalue weighted by atomic mass is 35.5. The van der Waals surface area contributed by atoms with Crippen LogP contribution in [0.3, 0.4) is 0 Å². The number of aromatic nitrogens is 1. The van der Waals surface area contributed by atoms with Gasteiger partial charge in [-0.3, -0.25) is 24.2 Å². The Kier molecular flexibility index (Phi) is 6.32. The van der Waals surface area contributed by atoms with Crippen molar-refractivity contribution >= 4 is 47.1 Å². The Bertz CT molecular complexity index is 1430. The average molecular weight is 529 g/mol. The van der Waals surface area contributed by atoms with E-state index in [0.29, 0.717) is 12.0 Å². The zero-order valence-electron chi connectivity index (χ0n) is 19.2. The van der Waals surface area contributed by atoms with E-state index in [4.69, 9.17) is 22.1 Å². The molecule has 4 aliphatic rings. The minimum absolute atomic E-state index is 0.0508. The van der Waals surface area contributed by atoms with Crippen LogP contribution in [0.5, 0.6) is 0 Å². The van der Waals surface area contributed by atoms with Gasteiger partial charge in [0.25, 0.3) is 0 Å². The molecule has 9 nitrogen and oxygen atoms in total. The lowest BCUT2D eigenvalue weighted by Crippen LogP contribution is -2.47. The van der Waals surface area contributed by atoms with Gasteiger partial charge in [0.15, 0.2) is 12.4 Å². The maximum atomic E-state index is 15.0. The van der Waals surface area contributed by atoms with Gasteiger partial charge in [0.05, 0.1) is 23.2 Å². The molecule has 5 rings (SSSR count). The monoisotopic (exact) mass is 528 g/mol. The Morgan fingerprint density at radius 3 is 2.76 bits per heavy atom. The number of carbonyl (C=O) groups is 4. The molecule has 3 aliphatic heterocycles. The summed E-state index contributed by atoms with van der Waals surface area (Å²) in [7, 11) is 0. The lowest BCUT2D eigenvalue weighted by molar-refractivity contribution is -0.147. The highest BCUT2D eigenvalue weighted by Crippen LogP contribution is 2.45. The highest BCUT2D eigenvalue weighted by molar-refractivity contribution is 6.40. The number of allylic oxidation sites excluding steroid dienone is 6. The van der Waals surface area contributed by atoms with Crippen LogP contribution in [0.25, 0.3) is 0 Å². The molecule has 0 saturated carbocycles. The number of nitrogens with zero attached hydrogens (tertiary/aromatic N) is 3. The Morgan fingerprint density at radius 2 is 2.00 bits per heavy atom. The Balaban J connectivity index is 1.52. The summed E-state index contributed by atoms with van der Waals surface area (Å²) in [5.74, 6) is -5.87. The molecule has 0 bridgehead atoms. The van der Waals surface area contributed by atoms with Gasteiger partial charge in [-0.1, -0.05) is 11.6 Å². The molecule has 190 valence electrons. The second-order valence-electron chi connectivity index (χ2n) is 8.84. The maximum Gasteiger partial charge on any atom is 0.315 e. The van der Waals surface area contributed by atoms with Crippen molar-refractivity contribution in [2.45, 2.75) is 18.9 Å². The van der Waals surface area contributed by atoms with Crippen molar-refractivity contribution in [2.75, 3.05) is 25.4 Å². The number of pyridine rings is 1. The van der Waals surface area contributed by atoms with E-state index in [1.165, 1.54) is 23.3 Å². The minimum atomic E-state index is -1.17. The van der Waals surface area contributed by atoms with Crippen molar-refractivity contribution < 1.29 is 32.7 Å². The average Bonchev–Trinajstić information content (AvgIpc) is 3.20. The molecule has 0 aromatic carbocycles. The zero-order chi connectivity index (χ0) is 26.4. The predicted octanol–water partition coefficient (Wildman–Crippen LogP) is 2.39. The van der Waals surface area contributed by atoms with E-state index in [0.717, 1.165) is 12.1 Å². The van der Waals surface area contributed by atoms with Gasteiger partial charge in [0.2, 0.25) is 17.6 Å². The number of hydrogen-bond donors (Lipinski definition) is 1. The molecule has 0 spiro atoms. The molecular weight excluding hydrogens is 510 g/mol. The van der Waals surface area contributed by atoms with Crippen molar-refractivity contribution in [1.82, 2.24) is 9.88 Å². The predicted molar refractivity (Wildman–Crippen MR) is 128 cm³/mol. The largest absolute Gasteiger partial charge is 0.457 e. The molecule has 1 aromatic rings. The number of nitrogens with two attached hydrogens (primary N) is 1. The first-order chi connectivity index (χ1) is 17.7. The van der Waals surface area contributed by atoms with Crippen molar-refractivity contribution in [3.63, 3.8) is 0 Å². The van der Waals surface area contributed by atoms with Gasteiger partial charge >= 0.3 is 5.97 Å². The third kappa shape index (κ3) is 4.39. The van der Waals surface area contributed by atoms with E-state index < -0.39 is 53.4 Å². The lowest BCUT2D eigenvalue weighted by Gasteiger charge is -2.39. The van der Waals surface area contributed by atoms with Crippen LogP contribution < -0.4 is 5.73 Å². The van der Waals surface area contributed by atoms with E-state index >= 15 is 0 Å². The van der Waals surface area contributed by atoms with Gasteiger partial charge < -0.3 is 15.4 Å². The highest BCUT2D eigenvalue weighted by Gasteiger charge is 2.46. The maximum absolute atomic E-state index is 15.0. The molecule has 1 saturated heterocycles. The summed E-state index contributed by atoms with van der Waals surface area (Å²) in [6, 6.07) is 1.96. The van der Waals surface area contributed by atoms with Crippen molar-refractivity contribution in [2.24, 2.45) is 10.9 Å². The quantitative estimate of drug-likeness (QED) is 0.360. The number of anilines is 1. The fraction of sp³-hybridized carbons (Fsp3) is 0.280. The number of nitrogen functional groups attached to an aromatic ring is 1. The molecule has 1 fully saturated rings. The number of fused-ring (bicyclic) bond motifs is 4. The summed E-state index contributed by atoms with van der Waals surface area (Å²) >= 11 is 6.30. The Morgan fingerprint density at radius 1 is 1.22 bits per heavy atom. The molecule has 1 aliphatic carbocycles. The number of carbonyl (C=O) groups excluding carboxylic acids is 4. The molecule has 1 amide bonds. The minimum Gasteiger partial charge on any atom is -0.457 e. The number of hydrogen-bond acceptors (Lipinski definition) is 8. The lowest BCUT2D eigenvalue weighted by atomic mass is 9.76.